The summed E-state index contributed by atoms with van der Waals surface area (Å²) in [6.45, 7) is 8.15. The first-order valence-electron chi connectivity index (χ1n) is 11.5. The van der Waals surface area contributed by atoms with Gasteiger partial charge in [0, 0.05) is 23.9 Å². The average Bonchev–Trinajstić information content (AvgIpc) is 2.76. The Hall–Kier alpha value is -2.51. The van der Waals surface area contributed by atoms with E-state index in [9.17, 15) is 19.0 Å². The van der Waals surface area contributed by atoms with Crippen molar-refractivity contribution in [2.75, 3.05) is 6.61 Å². The average molecular weight is 465 g/mol. The first kappa shape index (κ1) is 28.5. The number of aliphatic hydroxyl groups excluding tert-OH is 2. The maximum Gasteiger partial charge on any atom is 0.394 e. The Balaban J connectivity index is 3.53. The summed E-state index contributed by atoms with van der Waals surface area (Å²) >= 11 is 0. The van der Waals surface area contributed by atoms with Crippen LogP contribution in [0.5, 0.6) is 5.75 Å². The molecule has 184 valence electrons. The van der Waals surface area contributed by atoms with Crippen molar-refractivity contribution >= 4 is 11.4 Å². The molecule has 0 spiro atoms. The van der Waals surface area contributed by atoms with Gasteiger partial charge in [-0.2, -0.15) is 8.78 Å². The number of allylic oxidation sites excluding steroid dienone is 4. The van der Waals surface area contributed by atoms with E-state index in [0.717, 1.165) is 25.7 Å². The van der Waals surface area contributed by atoms with E-state index in [1.54, 1.807) is 25.1 Å². The Kier molecular flexibility index (Phi) is 12.0. The molecule has 0 radical (unpaired) electrons. The molecule has 0 saturated carbocycles. The summed E-state index contributed by atoms with van der Waals surface area (Å²) in [7, 11) is 0. The summed E-state index contributed by atoms with van der Waals surface area (Å²) in [5, 5.41) is 20.3. The van der Waals surface area contributed by atoms with Gasteiger partial charge < -0.3 is 20.7 Å². The van der Waals surface area contributed by atoms with Crippen LogP contribution in [0.15, 0.2) is 64.3 Å². The minimum Gasteiger partial charge on any atom is -0.433 e. The molecule has 1 unspecified atom stereocenters. The first-order chi connectivity index (χ1) is 15.6. The van der Waals surface area contributed by atoms with E-state index in [0.29, 0.717) is 35.2 Å². The fourth-order valence-corrected chi connectivity index (χ4v) is 3.46. The number of rotatable bonds is 13. The number of hydrogen-bond donors (Lipinski definition) is 3. The third kappa shape index (κ3) is 9.48. The number of nitrogens with two attached hydrogens (primary N) is 1. The number of ether oxygens (including phenoxy) is 1. The highest BCUT2D eigenvalue weighted by Gasteiger charge is 2.24. The lowest BCUT2D eigenvalue weighted by Crippen LogP contribution is -2.25. The van der Waals surface area contributed by atoms with Gasteiger partial charge in [-0.25, -0.2) is 0 Å². The highest BCUT2D eigenvalue weighted by Crippen LogP contribution is 2.29. The number of hydrogen-bond acceptors (Lipinski definition) is 5. The minimum absolute atomic E-state index is 0.0313. The molecule has 1 aromatic rings. The summed E-state index contributed by atoms with van der Waals surface area (Å²) in [6.07, 6.45) is 4.70. The molecule has 7 heteroatoms. The lowest BCUT2D eigenvalue weighted by molar-refractivity contribution is -0.158. The Labute approximate surface area is 196 Å². The molecule has 1 atom stereocenters. The summed E-state index contributed by atoms with van der Waals surface area (Å²) < 4.78 is 30.7. The van der Waals surface area contributed by atoms with Crippen molar-refractivity contribution in [3.63, 3.8) is 0 Å². The number of halogens is 2. The number of unbranched alkanes of at least 4 members (excludes halogenated alkanes) is 1. The maximum absolute atomic E-state index is 13.1. The SMILES string of the molecule is CCC/C=C/C=C(\C(C(C)=Nc1ccc(OC(C)(F)F)cc1)=C(\N)C(CC)CC)C(O)CO. The van der Waals surface area contributed by atoms with Gasteiger partial charge in [-0.05, 0) is 61.9 Å². The Morgan fingerprint density at radius 2 is 1.79 bits per heavy atom. The molecule has 0 saturated heterocycles. The predicted octanol–water partition coefficient (Wildman–Crippen LogP) is 6.06. The Morgan fingerprint density at radius 1 is 1.18 bits per heavy atom. The van der Waals surface area contributed by atoms with E-state index < -0.39 is 18.8 Å². The van der Waals surface area contributed by atoms with Gasteiger partial charge in [0.05, 0.1) is 12.3 Å². The van der Waals surface area contributed by atoms with Crippen molar-refractivity contribution in [2.24, 2.45) is 16.6 Å². The third-order valence-electron chi connectivity index (χ3n) is 5.19. The van der Waals surface area contributed by atoms with Crippen molar-refractivity contribution in [3.05, 3.63) is 59.3 Å². The molecule has 0 aromatic heterocycles. The smallest absolute Gasteiger partial charge is 0.394 e. The molecule has 0 amide bonds. The van der Waals surface area contributed by atoms with Crippen molar-refractivity contribution in [1.82, 2.24) is 0 Å². The molecule has 0 bridgehead atoms. The molecule has 0 fully saturated rings. The normalized spacial score (nSPS) is 15.2. The van der Waals surface area contributed by atoms with E-state index in [2.05, 4.69) is 16.7 Å². The standard InChI is InChI=1S/C26H38F2N2O3/c1-6-9-10-11-12-22(23(32)17-31)24(25(29)19(7-2)8-3)18(4)30-20-13-15-21(16-14-20)33-26(5,27)28/h10-16,19,23,31-32H,6-9,17,29H2,1-5H3/b11-10+,22-12-,25-24+,30-18?. The van der Waals surface area contributed by atoms with Gasteiger partial charge in [-0.15, -0.1) is 0 Å². The molecule has 0 aliphatic heterocycles. The van der Waals surface area contributed by atoms with Crippen molar-refractivity contribution in [2.45, 2.75) is 72.5 Å². The maximum atomic E-state index is 13.1. The highest BCUT2D eigenvalue weighted by molar-refractivity contribution is 6.04. The van der Waals surface area contributed by atoms with Gasteiger partial charge in [0.15, 0.2) is 0 Å². The van der Waals surface area contributed by atoms with Crippen LogP contribution < -0.4 is 10.5 Å². The van der Waals surface area contributed by atoms with Crippen LogP contribution in [0.25, 0.3) is 0 Å². The monoisotopic (exact) mass is 464 g/mol. The van der Waals surface area contributed by atoms with Gasteiger partial charge in [0.25, 0.3) is 0 Å². The van der Waals surface area contributed by atoms with Crippen molar-refractivity contribution < 1.29 is 23.7 Å². The lowest BCUT2D eigenvalue weighted by atomic mass is 9.88. The second kappa shape index (κ2) is 13.9. The molecular weight excluding hydrogens is 426 g/mol. The van der Waals surface area contributed by atoms with E-state index >= 15 is 0 Å². The fourth-order valence-electron chi connectivity index (χ4n) is 3.46. The van der Waals surface area contributed by atoms with E-state index in [1.807, 2.05) is 26.0 Å². The molecule has 1 rings (SSSR count). The van der Waals surface area contributed by atoms with E-state index in [1.165, 1.54) is 12.1 Å². The largest absolute Gasteiger partial charge is 0.433 e. The molecule has 33 heavy (non-hydrogen) atoms. The van der Waals surface area contributed by atoms with Crippen LogP contribution in [-0.2, 0) is 0 Å². The van der Waals surface area contributed by atoms with Crippen LogP contribution in [0.2, 0.25) is 0 Å². The Bertz CT molecular complexity index is 849. The summed E-state index contributed by atoms with van der Waals surface area (Å²) in [5.74, 6) is 0.102. The number of aliphatic hydroxyl groups is 2. The summed E-state index contributed by atoms with van der Waals surface area (Å²) in [6, 6.07) is 5.99. The number of aliphatic imine (C=N–C) groups is 1. The summed E-state index contributed by atoms with van der Waals surface area (Å²) in [5.41, 5.74) is 9.34. The molecule has 4 N–H and O–H groups in total. The number of alkyl halides is 2. The summed E-state index contributed by atoms with van der Waals surface area (Å²) in [4.78, 5) is 4.63. The number of nitrogens with zero attached hydrogens (tertiary/aromatic N) is 1. The van der Waals surface area contributed by atoms with E-state index in [4.69, 9.17) is 5.73 Å². The van der Waals surface area contributed by atoms with Gasteiger partial charge in [0.1, 0.15) is 11.9 Å². The topological polar surface area (TPSA) is 88.1 Å². The Morgan fingerprint density at radius 3 is 2.27 bits per heavy atom. The van der Waals surface area contributed by atoms with Gasteiger partial charge in [0.2, 0.25) is 0 Å². The highest BCUT2D eigenvalue weighted by atomic mass is 19.3. The van der Waals surface area contributed by atoms with Crippen LogP contribution >= 0.6 is 0 Å². The second-order valence-corrected chi connectivity index (χ2v) is 7.98. The molecule has 0 aliphatic carbocycles. The zero-order valence-corrected chi connectivity index (χ0v) is 20.3. The lowest BCUT2D eigenvalue weighted by Gasteiger charge is -2.23. The molecule has 0 heterocycles. The van der Waals surface area contributed by atoms with Crippen LogP contribution in [0.4, 0.5) is 14.5 Å². The predicted molar refractivity (Wildman–Crippen MR) is 131 cm³/mol. The van der Waals surface area contributed by atoms with Crippen molar-refractivity contribution in [1.29, 1.82) is 0 Å². The third-order valence-corrected chi connectivity index (χ3v) is 5.19. The van der Waals surface area contributed by atoms with Crippen LogP contribution in [0.3, 0.4) is 0 Å². The second-order valence-electron chi connectivity index (χ2n) is 7.98. The molecule has 0 aliphatic rings. The molecule has 1 aromatic carbocycles. The zero-order chi connectivity index (χ0) is 25.0. The molecular formula is C26H38F2N2O3. The zero-order valence-electron chi connectivity index (χ0n) is 20.3. The van der Waals surface area contributed by atoms with Crippen LogP contribution in [0, 0.1) is 5.92 Å². The first-order valence-corrected chi connectivity index (χ1v) is 11.5. The molecule has 5 nitrogen and oxygen atoms in total. The van der Waals surface area contributed by atoms with Crippen LogP contribution in [0.1, 0.15) is 60.3 Å². The van der Waals surface area contributed by atoms with Crippen molar-refractivity contribution in [3.8, 4) is 5.75 Å². The fraction of sp³-hybridized carbons (Fsp3) is 0.500. The van der Waals surface area contributed by atoms with E-state index in [-0.39, 0.29) is 11.7 Å². The number of benzene rings is 1. The van der Waals surface area contributed by atoms with Gasteiger partial charge in [-0.1, -0.05) is 45.4 Å². The van der Waals surface area contributed by atoms with Crippen LogP contribution in [-0.4, -0.2) is 34.7 Å². The van der Waals surface area contributed by atoms with Gasteiger partial charge in [-0.3, -0.25) is 4.99 Å². The van der Waals surface area contributed by atoms with Gasteiger partial charge >= 0.3 is 6.11 Å². The minimum atomic E-state index is -3.27. The quantitative estimate of drug-likeness (QED) is 0.245.